The minimum atomic E-state index is 0.735. The predicted octanol–water partition coefficient (Wildman–Crippen LogP) is 9.99. The fourth-order valence-corrected chi connectivity index (χ4v) is 6.84. The third-order valence-corrected chi connectivity index (χ3v) is 8.63. The van der Waals surface area contributed by atoms with Gasteiger partial charge in [0.15, 0.2) is 0 Å². The molecule has 1 aromatic heterocycles. The van der Waals surface area contributed by atoms with E-state index in [2.05, 4.69) is 60.7 Å². The largest absolute Gasteiger partial charge is 0.456 e. The van der Waals surface area contributed by atoms with E-state index in [-0.39, 0.29) is 0 Å². The van der Waals surface area contributed by atoms with Crippen LogP contribution in [0.15, 0.2) is 65.1 Å². The van der Waals surface area contributed by atoms with Crippen molar-refractivity contribution in [3.8, 4) is 0 Å². The minimum Gasteiger partial charge on any atom is -0.456 e. The Kier molecular flexibility index (Phi) is 4.71. The van der Waals surface area contributed by atoms with Gasteiger partial charge in [0.05, 0.1) is 0 Å². The highest BCUT2D eigenvalue weighted by Gasteiger charge is 2.19. The smallest absolute Gasteiger partial charge is 0.136 e. The number of rotatable bonds is 2. The second-order valence-electron chi connectivity index (χ2n) is 10.6. The molecule has 2 aliphatic rings. The molecule has 1 heterocycles. The third kappa shape index (κ3) is 3.28. The van der Waals surface area contributed by atoms with Gasteiger partial charge in [-0.05, 0) is 82.3 Å². The van der Waals surface area contributed by atoms with E-state index in [0.717, 1.165) is 23.0 Å². The molecule has 2 aliphatic carbocycles. The molecular weight excluding hydrogens is 400 g/mol. The zero-order valence-electron chi connectivity index (χ0n) is 19.4. The van der Waals surface area contributed by atoms with Crippen LogP contribution in [0.1, 0.15) is 87.2 Å². The lowest BCUT2D eigenvalue weighted by Crippen LogP contribution is -2.04. The molecule has 0 unspecified atom stereocenters. The monoisotopic (exact) mass is 432 g/mol. The van der Waals surface area contributed by atoms with Gasteiger partial charge in [0.25, 0.3) is 0 Å². The molecule has 0 amide bonds. The van der Waals surface area contributed by atoms with Crippen LogP contribution in [0.25, 0.3) is 43.5 Å². The summed E-state index contributed by atoms with van der Waals surface area (Å²) in [6, 6.07) is 23.3. The SMILES string of the molecule is c1cc2c(ccc3oc4ccc5cc(C6CCCCC6)ccc5c4c32)cc1C1CCCCC1. The molecule has 2 saturated carbocycles. The Balaban J connectivity index is 1.41. The zero-order chi connectivity index (χ0) is 21.8. The molecule has 166 valence electrons. The van der Waals surface area contributed by atoms with Crippen molar-refractivity contribution in [1.82, 2.24) is 0 Å². The van der Waals surface area contributed by atoms with Crippen molar-refractivity contribution in [2.45, 2.75) is 76.0 Å². The number of benzene rings is 4. The summed E-state index contributed by atoms with van der Waals surface area (Å²) in [7, 11) is 0. The Morgan fingerprint density at radius 1 is 0.485 bits per heavy atom. The molecule has 0 atom stereocenters. The molecule has 5 aromatic rings. The quantitative estimate of drug-likeness (QED) is 0.270. The highest BCUT2D eigenvalue weighted by atomic mass is 16.3. The molecule has 0 aliphatic heterocycles. The molecule has 4 aromatic carbocycles. The van der Waals surface area contributed by atoms with Crippen LogP contribution in [0.4, 0.5) is 0 Å². The number of fused-ring (bicyclic) bond motifs is 7. The van der Waals surface area contributed by atoms with Gasteiger partial charge in [-0.2, -0.15) is 0 Å². The van der Waals surface area contributed by atoms with E-state index < -0.39 is 0 Å². The lowest BCUT2D eigenvalue weighted by atomic mass is 9.83. The first-order valence-corrected chi connectivity index (χ1v) is 13.2. The number of hydrogen-bond donors (Lipinski definition) is 0. The van der Waals surface area contributed by atoms with Crippen LogP contribution in [0.2, 0.25) is 0 Å². The summed E-state index contributed by atoms with van der Waals surface area (Å²) in [4.78, 5) is 0. The molecule has 33 heavy (non-hydrogen) atoms. The standard InChI is InChI=1S/C32H32O/c1-3-7-21(8-4-1)23-11-15-27-25(19-23)13-17-29-31(27)32-28-16-12-24(22-9-5-2-6-10-22)20-26(28)14-18-30(32)33-29/h11-22H,1-10H2. The lowest BCUT2D eigenvalue weighted by molar-refractivity contribution is 0.444. The maximum Gasteiger partial charge on any atom is 0.136 e. The first-order valence-electron chi connectivity index (χ1n) is 13.2. The first kappa shape index (κ1) is 19.6. The first-order chi connectivity index (χ1) is 16.3. The Morgan fingerprint density at radius 2 is 0.939 bits per heavy atom. The Bertz CT molecular complexity index is 1360. The van der Waals surface area contributed by atoms with Gasteiger partial charge < -0.3 is 4.42 Å². The molecule has 1 nitrogen and oxygen atoms in total. The van der Waals surface area contributed by atoms with E-state index >= 15 is 0 Å². The molecule has 1 heteroatoms. The van der Waals surface area contributed by atoms with Crippen LogP contribution in [0.5, 0.6) is 0 Å². The average Bonchev–Trinajstić information content (AvgIpc) is 3.29. The predicted molar refractivity (Wildman–Crippen MR) is 140 cm³/mol. The topological polar surface area (TPSA) is 13.1 Å². The normalized spacial score (nSPS) is 18.7. The van der Waals surface area contributed by atoms with Gasteiger partial charge in [0.1, 0.15) is 11.2 Å². The van der Waals surface area contributed by atoms with Crippen molar-refractivity contribution in [2.75, 3.05) is 0 Å². The summed E-state index contributed by atoms with van der Waals surface area (Å²) in [6.07, 6.45) is 13.7. The molecular formula is C32H32O. The summed E-state index contributed by atoms with van der Waals surface area (Å²) in [5, 5.41) is 7.93. The zero-order valence-corrected chi connectivity index (χ0v) is 19.4. The summed E-state index contributed by atoms with van der Waals surface area (Å²) in [5.74, 6) is 1.47. The summed E-state index contributed by atoms with van der Waals surface area (Å²) >= 11 is 0. The Morgan fingerprint density at radius 3 is 1.39 bits per heavy atom. The van der Waals surface area contributed by atoms with E-state index in [1.807, 2.05) is 0 Å². The van der Waals surface area contributed by atoms with Gasteiger partial charge in [-0.1, -0.05) is 87.1 Å². The summed E-state index contributed by atoms with van der Waals surface area (Å²) < 4.78 is 6.36. The van der Waals surface area contributed by atoms with Crippen LogP contribution in [-0.4, -0.2) is 0 Å². The average molecular weight is 433 g/mol. The number of furan rings is 1. The Hall–Kier alpha value is -2.80. The second-order valence-corrected chi connectivity index (χ2v) is 10.6. The number of hydrogen-bond acceptors (Lipinski definition) is 1. The van der Waals surface area contributed by atoms with Crippen LogP contribution in [-0.2, 0) is 0 Å². The van der Waals surface area contributed by atoms with Crippen molar-refractivity contribution in [2.24, 2.45) is 0 Å². The van der Waals surface area contributed by atoms with Crippen LogP contribution >= 0.6 is 0 Å². The fourth-order valence-electron chi connectivity index (χ4n) is 6.84. The van der Waals surface area contributed by atoms with E-state index in [9.17, 15) is 0 Å². The Labute approximate surface area is 195 Å². The van der Waals surface area contributed by atoms with Crippen molar-refractivity contribution in [1.29, 1.82) is 0 Å². The fraction of sp³-hybridized carbons (Fsp3) is 0.375. The van der Waals surface area contributed by atoms with Gasteiger partial charge in [-0.15, -0.1) is 0 Å². The van der Waals surface area contributed by atoms with Gasteiger partial charge >= 0.3 is 0 Å². The molecule has 0 N–H and O–H groups in total. The highest BCUT2D eigenvalue weighted by molar-refractivity contribution is 6.26. The van der Waals surface area contributed by atoms with E-state index in [4.69, 9.17) is 4.42 Å². The minimum absolute atomic E-state index is 0.735. The van der Waals surface area contributed by atoms with E-state index in [1.54, 1.807) is 0 Å². The summed E-state index contributed by atoms with van der Waals surface area (Å²) in [6.45, 7) is 0. The van der Waals surface area contributed by atoms with Crippen LogP contribution < -0.4 is 0 Å². The van der Waals surface area contributed by atoms with Gasteiger partial charge in [0, 0.05) is 10.8 Å². The van der Waals surface area contributed by atoms with Crippen molar-refractivity contribution in [3.63, 3.8) is 0 Å². The highest BCUT2D eigenvalue weighted by Crippen LogP contribution is 2.42. The molecule has 2 fully saturated rings. The lowest BCUT2D eigenvalue weighted by Gasteiger charge is -2.22. The molecule has 0 radical (unpaired) electrons. The molecule has 0 spiro atoms. The van der Waals surface area contributed by atoms with Crippen LogP contribution in [0.3, 0.4) is 0 Å². The third-order valence-electron chi connectivity index (χ3n) is 8.63. The van der Waals surface area contributed by atoms with Crippen LogP contribution in [0, 0.1) is 0 Å². The van der Waals surface area contributed by atoms with Gasteiger partial charge in [-0.25, -0.2) is 0 Å². The molecule has 0 bridgehead atoms. The maximum absolute atomic E-state index is 6.36. The van der Waals surface area contributed by atoms with E-state index in [0.29, 0.717) is 0 Å². The maximum atomic E-state index is 6.36. The second kappa shape index (κ2) is 7.90. The van der Waals surface area contributed by atoms with E-state index in [1.165, 1.54) is 108 Å². The molecule has 0 saturated heterocycles. The summed E-state index contributed by atoms with van der Waals surface area (Å²) in [5.41, 5.74) is 5.06. The van der Waals surface area contributed by atoms with Gasteiger partial charge in [0.2, 0.25) is 0 Å². The van der Waals surface area contributed by atoms with Crippen molar-refractivity contribution >= 4 is 43.5 Å². The van der Waals surface area contributed by atoms with Gasteiger partial charge in [-0.3, -0.25) is 0 Å². The molecule has 7 rings (SSSR count). The van der Waals surface area contributed by atoms with Crippen molar-refractivity contribution < 1.29 is 4.42 Å². The van der Waals surface area contributed by atoms with Crippen molar-refractivity contribution in [3.05, 3.63) is 71.8 Å².